The lowest BCUT2D eigenvalue weighted by atomic mass is 9.97. The van der Waals surface area contributed by atoms with Gasteiger partial charge in [0, 0.05) is 13.2 Å². The molecule has 1 saturated carbocycles. The van der Waals surface area contributed by atoms with Crippen molar-refractivity contribution in [3.8, 4) is 0 Å². The Morgan fingerprint density at radius 1 is 1.20 bits per heavy atom. The number of rotatable bonds is 5. The fraction of sp³-hybridized carbons (Fsp3) is 0.538. The lowest BCUT2D eigenvalue weighted by Gasteiger charge is -2.18. The van der Waals surface area contributed by atoms with Crippen LogP contribution in [-0.2, 0) is 10.0 Å². The molecular weight excluding hydrogens is 321 g/mol. The second-order valence-electron chi connectivity index (χ2n) is 5.04. The molecular formula is C13H17Cl2NO3S. The van der Waals surface area contributed by atoms with Crippen molar-refractivity contribution in [3.63, 3.8) is 0 Å². The normalized spacial score (nSPS) is 23.1. The molecule has 7 heteroatoms. The quantitative estimate of drug-likeness (QED) is 0.867. The molecule has 1 aliphatic carbocycles. The molecule has 2 atom stereocenters. The van der Waals surface area contributed by atoms with Crippen LogP contribution in [0.4, 0.5) is 0 Å². The van der Waals surface area contributed by atoms with Crippen LogP contribution >= 0.6 is 23.2 Å². The Morgan fingerprint density at radius 2 is 1.80 bits per heavy atom. The Balaban J connectivity index is 2.12. The van der Waals surface area contributed by atoms with Gasteiger partial charge in [-0.15, -0.1) is 0 Å². The fourth-order valence-corrected chi connectivity index (χ4v) is 4.89. The minimum Gasteiger partial charge on any atom is -0.396 e. The average Bonchev–Trinajstić information content (AvgIpc) is 2.83. The van der Waals surface area contributed by atoms with Gasteiger partial charge in [-0.05, 0) is 36.8 Å². The van der Waals surface area contributed by atoms with Gasteiger partial charge in [-0.25, -0.2) is 13.1 Å². The molecule has 2 rings (SSSR count). The van der Waals surface area contributed by atoms with Gasteiger partial charge in [-0.3, -0.25) is 0 Å². The summed E-state index contributed by atoms with van der Waals surface area (Å²) >= 11 is 11.8. The molecule has 20 heavy (non-hydrogen) atoms. The molecule has 0 saturated heterocycles. The zero-order chi connectivity index (χ0) is 14.8. The first kappa shape index (κ1) is 16.0. The molecule has 0 radical (unpaired) electrons. The zero-order valence-electron chi connectivity index (χ0n) is 10.9. The molecule has 0 heterocycles. The summed E-state index contributed by atoms with van der Waals surface area (Å²) in [5.41, 5.74) is 0. The number of nitrogens with one attached hydrogen (secondary N) is 1. The van der Waals surface area contributed by atoms with Crippen molar-refractivity contribution in [1.82, 2.24) is 4.72 Å². The van der Waals surface area contributed by atoms with E-state index >= 15 is 0 Å². The standard InChI is InChI=1S/C13H17Cl2NO3S/c14-11-5-2-6-12(15)13(11)20(18,19)16-7-9-3-1-4-10(9)8-17/h2,5-6,9-10,16-17H,1,3-4,7-8H2. The summed E-state index contributed by atoms with van der Waals surface area (Å²) in [5.74, 6) is 0.329. The lowest BCUT2D eigenvalue weighted by molar-refractivity contribution is 0.195. The number of hydrogen-bond donors (Lipinski definition) is 2. The van der Waals surface area contributed by atoms with Crippen molar-refractivity contribution in [2.45, 2.75) is 24.2 Å². The molecule has 1 aromatic carbocycles. The summed E-state index contributed by atoms with van der Waals surface area (Å²) in [6, 6.07) is 4.59. The molecule has 1 aromatic rings. The second kappa shape index (κ2) is 6.62. The van der Waals surface area contributed by atoms with Gasteiger partial charge in [-0.1, -0.05) is 35.7 Å². The Morgan fingerprint density at radius 3 is 2.40 bits per heavy atom. The second-order valence-corrected chi connectivity index (χ2v) is 7.55. The third-order valence-electron chi connectivity index (χ3n) is 3.77. The smallest absolute Gasteiger partial charge is 0.243 e. The van der Waals surface area contributed by atoms with Gasteiger partial charge >= 0.3 is 0 Å². The van der Waals surface area contributed by atoms with Crippen molar-refractivity contribution >= 4 is 33.2 Å². The summed E-state index contributed by atoms with van der Waals surface area (Å²) in [5, 5.41) is 9.46. The molecule has 1 fully saturated rings. The van der Waals surface area contributed by atoms with Crippen LogP contribution < -0.4 is 4.72 Å². The lowest BCUT2D eigenvalue weighted by Crippen LogP contribution is -2.32. The van der Waals surface area contributed by atoms with Crippen LogP contribution in [0.3, 0.4) is 0 Å². The first-order valence-electron chi connectivity index (χ1n) is 6.50. The van der Waals surface area contributed by atoms with E-state index in [0.29, 0.717) is 6.54 Å². The first-order chi connectivity index (χ1) is 9.45. The number of benzene rings is 1. The number of sulfonamides is 1. The molecule has 2 N–H and O–H groups in total. The average molecular weight is 338 g/mol. The molecule has 4 nitrogen and oxygen atoms in total. The van der Waals surface area contributed by atoms with E-state index in [1.165, 1.54) is 12.1 Å². The highest BCUT2D eigenvalue weighted by atomic mass is 35.5. The predicted molar refractivity (Wildman–Crippen MR) is 79.6 cm³/mol. The molecule has 112 valence electrons. The summed E-state index contributed by atoms with van der Waals surface area (Å²) in [4.78, 5) is -0.0816. The molecule has 0 aromatic heterocycles. The van der Waals surface area contributed by atoms with Crippen LogP contribution in [0, 0.1) is 11.8 Å². The molecule has 0 spiro atoms. The van der Waals surface area contributed by atoms with Gasteiger partial charge < -0.3 is 5.11 Å². The van der Waals surface area contributed by atoms with Crippen LogP contribution in [0.2, 0.25) is 10.0 Å². The third-order valence-corrected chi connectivity index (χ3v) is 6.15. The third kappa shape index (κ3) is 3.46. The topological polar surface area (TPSA) is 66.4 Å². The largest absolute Gasteiger partial charge is 0.396 e. The van der Waals surface area contributed by atoms with Gasteiger partial charge in [-0.2, -0.15) is 0 Å². The van der Waals surface area contributed by atoms with Crippen LogP contribution in [0.25, 0.3) is 0 Å². The van der Waals surface area contributed by atoms with E-state index in [1.807, 2.05) is 0 Å². The number of aliphatic hydroxyl groups excluding tert-OH is 1. The highest BCUT2D eigenvalue weighted by molar-refractivity contribution is 7.89. The molecule has 0 bridgehead atoms. The maximum Gasteiger partial charge on any atom is 0.243 e. The van der Waals surface area contributed by atoms with E-state index in [0.717, 1.165) is 19.3 Å². The van der Waals surface area contributed by atoms with E-state index < -0.39 is 10.0 Å². The van der Waals surface area contributed by atoms with Crippen LogP contribution in [0.15, 0.2) is 23.1 Å². The Bertz CT molecular complexity index is 557. The van der Waals surface area contributed by atoms with Gasteiger partial charge in [0.2, 0.25) is 10.0 Å². The minimum absolute atomic E-state index is 0.0816. The van der Waals surface area contributed by atoms with Crippen molar-refractivity contribution in [1.29, 1.82) is 0 Å². The number of hydrogen-bond acceptors (Lipinski definition) is 3. The van der Waals surface area contributed by atoms with Crippen molar-refractivity contribution in [3.05, 3.63) is 28.2 Å². The predicted octanol–water partition coefficient (Wildman–Crippen LogP) is 2.68. The highest BCUT2D eigenvalue weighted by Gasteiger charge is 2.29. The minimum atomic E-state index is -3.74. The zero-order valence-corrected chi connectivity index (χ0v) is 13.2. The first-order valence-corrected chi connectivity index (χ1v) is 8.74. The van der Waals surface area contributed by atoms with E-state index in [2.05, 4.69) is 4.72 Å². The van der Waals surface area contributed by atoms with Crippen LogP contribution in [0.5, 0.6) is 0 Å². The van der Waals surface area contributed by atoms with Crippen molar-refractivity contribution in [2.24, 2.45) is 11.8 Å². The van der Waals surface area contributed by atoms with Crippen molar-refractivity contribution < 1.29 is 13.5 Å². The summed E-state index contributed by atoms with van der Waals surface area (Å²) in [6.07, 6.45) is 2.88. The van der Waals surface area contributed by atoms with E-state index in [4.69, 9.17) is 23.2 Å². The maximum atomic E-state index is 12.3. The maximum absolute atomic E-state index is 12.3. The molecule has 0 amide bonds. The number of aliphatic hydroxyl groups is 1. The van der Waals surface area contributed by atoms with Gasteiger partial charge in [0.15, 0.2) is 0 Å². The molecule has 1 aliphatic rings. The summed E-state index contributed by atoms with van der Waals surface area (Å²) < 4.78 is 27.1. The van der Waals surface area contributed by atoms with Crippen LogP contribution in [-0.4, -0.2) is 26.7 Å². The van der Waals surface area contributed by atoms with Gasteiger partial charge in [0.1, 0.15) is 4.90 Å². The molecule has 2 unspecified atom stereocenters. The van der Waals surface area contributed by atoms with E-state index in [9.17, 15) is 13.5 Å². The molecule has 0 aliphatic heterocycles. The summed E-state index contributed by atoms with van der Waals surface area (Å²) in [7, 11) is -3.74. The highest BCUT2D eigenvalue weighted by Crippen LogP contribution is 2.32. The SMILES string of the molecule is O=S(=O)(NCC1CCCC1CO)c1c(Cl)cccc1Cl. The Kier molecular flexibility index (Phi) is 5.31. The van der Waals surface area contributed by atoms with E-state index in [-0.39, 0.29) is 33.4 Å². The van der Waals surface area contributed by atoms with Crippen LogP contribution in [0.1, 0.15) is 19.3 Å². The Hall–Kier alpha value is -0.330. The van der Waals surface area contributed by atoms with E-state index in [1.54, 1.807) is 6.07 Å². The van der Waals surface area contributed by atoms with Gasteiger partial charge in [0.05, 0.1) is 10.0 Å². The Labute approximate surface area is 129 Å². The summed E-state index contributed by atoms with van der Waals surface area (Å²) in [6.45, 7) is 0.397. The monoisotopic (exact) mass is 337 g/mol. The number of halogens is 2. The fourth-order valence-electron chi connectivity index (χ4n) is 2.65. The van der Waals surface area contributed by atoms with Gasteiger partial charge in [0.25, 0.3) is 0 Å². The van der Waals surface area contributed by atoms with Crippen molar-refractivity contribution in [2.75, 3.05) is 13.2 Å².